The van der Waals surface area contributed by atoms with Gasteiger partial charge in [0.15, 0.2) is 0 Å². The number of hydrogen-bond donors (Lipinski definition) is 0. The Balaban J connectivity index is 2.89. The van der Waals surface area contributed by atoms with Gasteiger partial charge in [-0.2, -0.15) is 0 Å². The molecule has 1 saturated heterocycles. The summed E-state index contributed by atoms with van der Waals surface area (Å²) in [6, 6.07) is 0. The summed E-state index contributed by atoms with van der Waals surface area (Å²) in [4.78, 5) is 12.9. The molecule has 1 aliphatic rings. The first-order valence-electron chi connectivity index (χ1n) is 4.91. The van der Waals surface area contributed by atoms with E-state index in [1.807, 2.05) is 6.92 Å². The number of ether oxygens (including phenoxy) is 1. The number of hydrogen-bond acceptors (Lipinski definition) is 4. The second-order valence-corrected chi connectivity index (χ2v) is 5.74. The van der Waals surface area contributed by atoms with Crippen molar-refractivity contribution in [3.05, 3.63) is 24.1 Å². The van der Waals surface area contributed by atoms with E-state index in [9.17, 15) is 4.79 Å². The van der Waals surface area contributed by atoms with E-state index in [4.69, 9.17) is 4.74 Å². The number of thioether (sulfide) groups is 2. The van der Waals surface area contributed by atoms with Crippen LogP contribution in [0.4, 0.5) is 0 Å². The molecule has 1 heterocycles. The molecule has 0 N–H and O–H groups in total. The van der Waals surface area contributed by atoms with Crippen molar-refractivity contribution in [2.24, 2.45) is 0 Å². The van der Waals surface area contributed by atoms with Gasteiger partial charge in [0.2, 0.25) is 0 Å². The average molecular weight is 244 g/mol. The molecule has 0 bridgehead atoms. The molecule has 84 valence electrons. The Morgan fingerprint density at radius 3 is 2.93 bits per heavy atom. The summed E-state index contributed by atoms with van der Waals surface area (Å²) in [5, 5.41) is 0. The van der Waals surface area contributed by atoms with Gasteiger partial charge in [0.1, 0.15) is 4.75 Å². The first-order valence-corrected chi connectivity index (χ1v) is 6.88. The van der Waals surface area contributed by atoms with Gasteiger partial charge >= 0.3 is 5.97 Å². The van der Waals surface area contributed by atoms with Crippen LogP contribution in [0.15, 0.2) is 24.1 Å². The van der Waals surface area contributed by atoms with Crippen molar-refractivity contribution in [3.63, 3.8) is 0 Å². The average Bonchev–Trinajstić information content (AvgIpc) is 2.22. The second-order valence-electron chi connectivity index (χ2n) is 3.16. The lowest BCUT2D eigenvalue weighted by Crippen LogP contribution is -2.40. The fraction of sp³-hybridized carbons (Fsp3) is 0.545. The van der Waals surface area contributed by atoms with E-state index >= 15 is 0 Å². The van der Waals surface area contributed by atoms with Crippen molar-refractivity contribution >= 4 is 29.5 Å². The Hall–Kier alpha value is -0.350. The van der Waals surface area contributed by atoms with Gasteiger partial charge in [-0.05, 0) is 13.3 Å². The highest BCUT2D eigenvalue weighted by Gasteiger charge is 2.44. The van der Waals surface area contributed by atoms with Gasteiger partial charge in [-0.1, -0.05) is 12.7 Å². The van der Waals surface area contributed by atoms with E-state index in [2.05, 4.69) is 13.2 Å². The molecule has 0 saturated carbocycles. The van der Waals surface area contributed by atoms with Crippen molar-refractivity contribution in [2.75, 3.05) is 18.1 Å². The number of carbonyl (C=O) groups excluding carboxylic acids is 1. The van der Waals surface area contributed by atoms with Crippen LogP contribution >= 0.6 is 23.5 Å². The minimum atomic E-state index is -0.597. The van der Waals surface area contributed by atoms with E-state index in [1.54, 1.807) is 29.6 Å². The highest BCUT2D eigenvalue weighted by Crippen LogP contribution is 2.46. The molecule has 4 heteroatoms. The maximum Gasteiger partial charge on any atom is 0.327 e. The minimum Gasteiger partial charge on any atom is -0.465 e. The molecule has 0 aromatic rings. The van der Waals surface area contributed by atoms with Crippen molar-refractivity contribution in [2.45, 2.75) is 18.1 Å². The maximum absolute atomic E-state index is 12.0. The van der Waals surface area contributed by atoms with Crippen molar-refractivity contribution in [3.8, 4) is 0 Å². The third-order valence-electron chi connectivity index (χ3n) is 2.20. The quantitative estimate of drug-likeness (QED) is 0.561. The van der Waals surface area contributed by atoms with Crippen LogP contribution in [0, 0.1) is 0 Å². The Labute approximate surface area is 99.5 Å². The predicted molar refractivity (Wildman–Crippen MR) is 68.2 cm³/mol. The number of allylic oxidation sites excluding steroid dienone is 1. The summed E-state index contributed by atoms with van der Waals surface area (Å²) in [7, 11) is 0. The van der Waals surface area contributed by atoms with Crippen LogP contribution in [0.3, 0.4) is 0 Å². The number of rotatable bonds is 4. The van der Waals surface area contributed by atoms with Crippen LogP contribution in [0.1, 0.15) is 13.3 Å². The Morgan fingerprint density at radius 2 is 2.40 bits per heavy atom. The monoisotopic (exact) mass is 244 g/mol. The predicted octanol–water partition coefficient (Wildman–Crippen LogP) is 2.86. The Bertz CT molecular complexity index is 276. The first-order chi connectivity index (χ1) is 7.17. The fourth-order valence-corrected chi connectivity index (χ4v) is 4.05. The van der Waals surface area contributed by atoms with Crippen molar-refractivity contribution in [1.82, 2.24) is 0 Å². The molecule has 1 aliphatic heterocycles. The summed E-state index contributed by atoms with van der Waals surface area (Å²) < 4.78 is 4.53. The third-order valence-corrected chi connectivity index (χ3v) is 5.17. The van der Waals surface area contributed by atoms with Crippen LogP contribution in [-0.2, 0) is 9.53 Å². The Morgan fingerprint density at radius 1 is 1.67 bits per heavy atom. The summed E-state index contributed by atoms with van der Waals surface area (Å²) in [5.74, 6) is 1.80. The van der Waals surface area contributed by atoms with E-state index in [0.717, 1.165) is 16.4 Å². The topological polar surface area (TPSA) is 26.3 Å². The molecule has 15 heavy (non-hydrogen) atoms. The fourth-order valence-electron chi connectivity index (χ4n) is 1.46. The summed E-state index contributed by atoms with van der Waals surface area (Å²) in [5.41, 5.74) is 0. The van der Waals surface area contributed by atoms with Gasteiger partial charge in [0.05, 0.1) is 6.61 Å². The number of carbonyl (C=O) groups is 1. The number of esters is 1. The summed E-state index contributed by atoms with van der Waals surface area (Å²) in [6.45, 7) is 9.92. The van der Waals surface area contributed by atoms with E-state index in [-0.39, 0.29) is 5.97 Å². The molecule has 1 rings (SSSR count). The second kappa shape index (κ2) is 5.66. The largest absolute Gasteiger partial charge is 0.465 e. The Kier molecular flexibility index (Phi) is 4.80. The standard InChI is InChI=1S/C11H16O2S2/c1-4-6-11(10(12)13-5-2)9(3)14-7-8-15-11/h4H,1,3,5-8H2,2H3. The lowest BCUT2D eigenvalue weighted by molar-refractivity contribution is -0.144. The lowest BCUT2D eigenvalue weighted by Gasteiger charge is -2.34. The smallest absolute Gasteiger partial charge is 0.327 e. The van der Waals surface area contributed by atoms with E-state index in [0.29, 0.717) is 13.0 Å². The summed E-state index contributed by atoms with van der Waals surface area (Å²) >= 11 is 3.28. The van der Waals surface area contributed by atoms with Crippen molar-refractivity contribution in [1.29, 1.82) is 0 Å². The summed E-state index contributed by atoms with van der Waals surface area (Å²) in [6.07, 6.45) is 2.36. The molecule has 0 aliphatic carbocycles. The molecule has 0 aromatic heterocycles. The van der Waals surface area contributed by atoms with Gasteiger partial charge in [-0.25, -0.2) is 0 Å². The molecule has 0 spiro atoms. The van der Waals surface area contributed by atoms with E-state index in [1.165, 1.54) is 0 Å². The van der Waals surface area contributed by atoms with E-state index < -0.39 is 4.75 Å². The maximum atomic E-state index is 12.0. The van der Waals surface area contributed by atoms with Gasteiger partial charge in [-0.15, -0.1) is 30.1 Å². The van der Waals surface area contributed by atoms with Crippen LogP contribution in [0.5, 0.6) is 0 Å². The zero-order valence-corrected chi connectivity index (χ0v) is 10.6. The highest BCUT2D eigenvalue weighted by molar-refractivity contribution is 8.10. The first kappa shape index (κ1) is 12.7. The zero-order valence-electron chi connectivity index (χ0n) is 8.95. The zero-order chi connectivity index (χ0) is 11.3. The molecule has 0 aromatic carbocycles. The van der Waals surface area contributed by atoms with Crippen LogP contribution in [-0.4, -0.2) is 28.8 Å². The van der Waals surface area contributed by atoms with Crippen LogP contribution in [0.2, 0.25) is 0 Å². The molecular weight excluding hydrogens is 228 g/mol. The SMILES string of the molecule is C=CCC1(C(=O)OCC)SCCSC1=C. The van der Waals surface area contributed by atoms with Gasteiger partial charge in [0, 0.05) is 16.4 Å². The molecule has 1 fully saturated rings. The van der Waals surface area contributed by atoms with Crippen LogP contribution < -0.4 is 0 Å². The molecule has 1 atom stereocenters. The molecular formula is C11H16O2S2. The third kappa shape index (κ3) is 2.61. The van der Waals surface area contributed by atoms with Crippen molar-refractivity contribution < 1.29 is 9.53 Å². The van der Waals surface area contributed by atoms with Gasteiger partial charge in [-0.3, -0.25) is 4.79 Å². The normalized spacial score (nSPS) is 26.1. The lowest BCUT2D eigenvalue weighted by atomic mass is 10.0. The molecule has 0 amide bonds. The minimum absolute atomic E-state index is 0.174. The van der Waals surface area contributed by atoms with Gasteiger partial charge in [0.25, 0.3) is 0 Å². The molecule has 1 unspecified atom stereocenters. The molecule has 0 radical (unpaired) electrons. The molecule has 2 nitrogen and oxygen atoms in total. The van der Waals surface area contributed by atoms with Gasteiger partial charge < -0.3 is 4.74 Å². The highest BCUT2D eigenvalue weighted by atomic mass is 32.2. The van der Waals surface area contributed by atoms with Crippen LogP contribution in [0.25, 0.3) is 0 Å².